The Bertz CT molecular complexity index is 763. The lowest BCUT2D eigenvalue weighted by Crippen LogP contribution is -2.39. The third kappa shape index (κ3) is 8.63. The molecule has 0 radical (unpaired) electrons. The molecule has 0 saturated heterocycles. The van der Waals surface area contributed by atoms with Crippen LogP contribution in [0.15, 0.2) is 65.8 Å². The number of nitro groups is 1. The van der Waals surface area contributed by atoms with Crippen molar-refractivity contribution in [3.63, 3.8) is 0 Å². The quantitative estimate of drug-likeness (QED) is 0.151. The van der Waals surface area contributed by atoms with Gasteiger partial charge in [-0.3, -0.25) is 15.1 Å². The molecule has 144 valence electrons. The van der Waals surface area contributed by atoms with E-state index in [0.29, 0.717) is 25.6 Å². The number of rotatable bonds is 8. The first-order valence-corrected chi connectivity index (χ1v) is 8.34. The molecule has 0 aliphatic heterocycles. The number of hydrogen-bond acceptors (Lipinski definition) is 4. The molecule has 27 heavy (non-hydrogen) atoms. The zero-order chi connectivity index (χ0) is 18.8. The van der Waals surface area contributed by atoms with E-state index in [2.05, 4.69) is 27.2 Å². The van der Waals surface area contributed by atoms with E-state index in [4.69, 9.17) is 0 Å². The minimum absolute atomic E-state index is 0. The van der Waals surface area contributed by atoms with Gasteiger partial charge in [0, 0.05) is 43.5 Å². The van der Waals surface area contributed by atoms with Gasteiger partial charge in [0.25, 0.3) is 5.69 Å². The van der Waals surface area contributed by atoms with Crippen LogP contribution in [0, 0.1) is 10.1 Å². The summed E-state index contributed by atoms with van der Waals surface area (Å²) in [4.78, 5) is 19.1. The van der Waals surface area contributed by atoms with Crippen LogP contribution in [0.2, 0.25) is 0 Å². The Kier molecular flexibility index (Phi) is 10.0. The highest BCUT2D eigenvalue weighted by molar-refractivity contribution is 14.0. The zero-order valence-corrected chi connectivity index (χ0v) is 17.6. The highest BCUT2D eigenvalue weighted by Gasteiger charge is 2.04. The molecule has 2 rings (SSSR count). The van der Waals surface area contributed by atoms with Crippen molar-refractivity contribution in [3.05, 3.63) is 82.2 Å². The summed E-state index contributed by atoms with van der Waals surface area (Å²) in [5.74, 6) is 0.669. The van der Waals surface area contributed by atoms with E-state index >= 15 is 0 Å². The first kappa shape index (κ1) is 22.6. The first-order valence-electron chi connectivity index (χ1n) is 8.34. The van der Waals surface area contributed by atoms with Gasteiger partial charge in [-0.2, -0.15) is 0 Å². The second-order valence-corrected chi connectivity index (χ2v) is 5.90. The van der Waals surface area contributed by atoms with E-state index in [1.807, 2.05) is 25.1 Å². The van der Waals surface area contributed by atoms with Crippen LogP contribution in [-0.4, -0.2) is 29.0 Å². The van der Waals surface area contributed by atoms with E-state index in [0.717, 1.165) is 23.3 Å². The summed E-state index contributed by atoms with van der Waals surface area (Å²) < 4.78 is 0. The summed E-state index contributed by atoms with van der Waals surface area (Å²) in [6.45, 7) is 7.56. The second kappa shape index (κ2) is 12.0. The topological polar surface area (TPSA) is 92.5 Å². The number of aromatic nitrogens is 1. The maximum Gasteiger partial charge on any atom is 0.269 e. The molecule has 1 heterocycles. The van der Waals surface area contributed by atoms with Crippen molar-refractivity contribution in [3.8, 4) is 0 Å². The Hall–Kier alpha value is -2.49. The number of non-ortho nitro benzene ring substituents is 1. The summed E-state index contributed by atoms with van der Waals surface area (Å²) >= 11 is 0. The van der Waals surface area contributed by atoms with Crippen LogP contribution in [0.3, 0.4) is 0 Å². The van der Waals surface area contributed by atoms with Gasteiger partial charge in [0.15, 0.2) is 5.96 Å². The molecule has 0 aliphatic carbocycles. The van der Waals surface area contributed by atoms with Crippen LogP contribution >= 0.6 is 24.0 Å². The molecular weight excluding hydrogens is 457 g/mol. The summed E-state index contributed by atoms with van der Waals surface area (Å²) in [5.41, 5.74) is 2.98. The van der Waals surface area contributed by atoms with Gasteiger partial charge in [-0.05, 0) is 24.6 Å². The molecule has 0 bridgehead atoms. The van der Waals surface area contributed by atoms with Gasteiger partial charge in [-0.15, -0.1) is 24.0 Å². The molecule has 0 aliphatic rings. The van der Waals surface area contributed by atoms with E-state index in [9.17, 15) is 10.1 Å². The number of benzene rings is 1. The molecule has 1 aromatic carbocycles. The number of nitrogens with one attached hydrogen (secondary N) is 2. The fourth-order valence-corrected chi connectivity index (χ4v) is 2.16. The monoisotopic (exact) mass is 481 g/mol. The molecule has 0 unspecified atom stereocenters. The Labute approximate surface area is 176 Å². The van der Waals surface area contributed by atoms with Crippen molar-refractivity contribution in [1.82, 2.24) is 15.6 Å². The Morgan fingerprint density at radius 2 is 1.96 bits per heavy atom. The van der Waals surface area contributed by atoms with E-state index in [-0.39, 0.29) is 29.7 Å². The third-order valence-corrected chi connectivity index (χ3v) is 3.52. The molecule has 2 aromatic rings. The molecule has 0 spiro atoms. The number of nitrogens with zero attached hydrogens (tertiary/aromatic N) is 3. The van der Waals surface area contributed by atoms with Gasteiger partial charge in [0.05, 0.1) is 11.5 Å². The average Bonchev–Trinajstić information content (AvgIpc) is 2.64. The lowest BCUT2D eigenvalue weighted by molar-refractivity contribution is -0.384. The number of pyridine rings is 1. The predicted octanol–water partition coefficient (Wildman–Crippen LogP) is 3.46. The van der Waals surface area contributed by atoms with Crippen molar-refractivity contribution in [1.29, 1.82) is 0 Å². The predicted molar refractivity (Wildman–Crippen MR) is 118 cm³/mol. The molecule has 0 saturated carbocycles. The summed E-state index contributed by atoms with van der Waals surface area (Å²) in [7, 11) is 0. The summed E-state index contributed by atoms with van der Waals surface area (Å²) in [6.07, 6.45) is 2.56. The lowest BCUT2D eigenvalue weighted by atomic mass is 10.2. The van der Waals surface area contributed by atoms with Crippen LogP contribution < -0.4 is 10.6 Å². The van der Waals surface area contributed by atoms with Crippen molar-refractivity contribution >= 4 is 35.6 Å². The summed E-state index contributed by atoms with van der Waals surface area (Å²) in [5, 5.41) is 17.2. The molecule has 0 atom stereocenters. The van der Waals surface area contributed by atoms with Gasteiger partial charge in [0.2, 0.25) is 0 Å². The van der Waals surface area contributed by atoms with E-state index in [1.54, 1.807) is 18.3 Å². The highest BCUT2D eigenvalue weighted by atomic mass is 127. The number of hydrogen-bond donors (Lipinski definition) is 2. The maximum absolute atomic E-state index is 10.7. The van der Waals surface area contributed by atoms with Gasteiger partial charge in [0.1, 0.15) is 0 Å². The Morgan fingerprint density at radius 3 is 2.56 bits per heavy atom. The normalized spacial score (nSPS) is 10.6. The largest absolute Gasteiger partial charge is 0.356 e. The van der Waals surface area contributed by atoms with Crippen LogP contribution in [0.5, 0.6) is 0 Å². The van der Waals surface area contributed by atoms with Crippen LogP contribution in [0.1, 0.15) is 18.2 Å². The smallest absolute Gasteiger partial charge is 0.269 e. The van der Waals surface area contributed by atoms with Crippen LogP contribution in [-0.2, 0) is 13.0 Å². The molecule has 8 heteroatoms. The Morgan fingerprint density at radius 1 is 1.22 bits per heavy atom. The zero-order valence-electron chi connectivity index (χ0n) is 15.2. The van der Waals surface area contributed by atoms with Gasteiger partial charge >= 0.3 is 0 Å². The maximum atomic E-state index is 10.7. The number of guanidine groups is 1. The highest BCUT2D eigenvalue weighted by Crippen LogP contribution is 2.12. The minimum atomic E-state index is -0.411. The van der Waals surface area contributed by atoms with Crippen LogP contribution in [0.4, 0.5) is 5.69 Å². The third-order valence-electron chi connectivity index (χ3n) is 3.52. The minimum Gasteiger partial charge on any atom is -0.356 e. The van der Waals surface area contributed by atoms with Crippen molar-refractivity contribution < 1.29 is 4.92 Å². The molecular formula is C19H24IN5O2. The van der Waals surface area contributed by atoms with Crippen molar-refractivity contribution in [2.75, 3.05) is 13.1 Å². The van der Waals surface area contributed by atoms with Crippen molar-refractivity contribution in [2.24, 2.45) is 4.99 Å². The van der Waals surface area contributed by atoms with E-state index in [1.165, 1.54) is 12.1 Å². The van der Waals surface area contributed by atoms with Gasteiger partial charge < -0.3 is 10.6 Å². The number of nitro benzene ring substituents is 1. The van der Waals surface area contributed by atoms with Crippen molar-refractivity contribution in [2.45, 2.75) is 19.9 Å². The standard InChI is InChI=1S/C19H23N5O2.HI/c1-15(2)13-22-19(21-12-10-17-5-3-4-11-20-17)23-14-16-6-8-18(9-7-16)24(25)26;/h3-9,11H,1,10,12-14H2,2H3,(H2,21,22,23);1H. The van der Waals surface area contributed by atoms with Gasteiger partial charge in [-0.1, -0.05) is 30.4 Å². The molecule has 7 nitrogen and oxygen atoms in total. The summed E-state index contributed by atoms with van der Waals surface area (Å²) in [6, 6.07) is 12.2. The molecule has 0 amide bonds. The van der Waals surface area contributed by atoms with Crippen LogP contribution in [0.25, 0.3) is 0 Å². The fourth-order valence-electron chi connectivity index (χ4n) is 2.16. The Balaban J connectivity index is 0.00000364. The second-order valence-electron chi connectivity index (χ2n) is 5.90. The number of aliphatic imine (C=N–C) groups is 1. The van der Waals surface area contributed by atoms with E-state index < -0.39 is 4.92 Å². The number of halogens is 1. The molecule has 2 N–H and O–H groups in total. The molecule has 1 aromatic heterocycles. The molecule has 0 fully saturated rings. The average molecular weight is 481 g/mol. The fraction of sp³-hybridized carbons (Fsp3) is 0.263. The van der Waals surface area contributed by atoms with Gasteiger partial charge in [-0.25, -0.2) is 4.99 Å². The lowest BCUT2D eigenvalue weighted by Gasteiger charge is -2.12. The first-order chi connectivity index (χ1) is 12.5. The SMILES string of the molecule is C=C(C)CNC(=NCc1ccc([N+](=O)[O-])cc1)NCCc1ccccn1.I.